The van der Waals surface area contributed by atoms with Crippen molar-refractivity contribution in [1.29, 1.82) is 0 Å². The first-order valence-electron chi connectivity index (χ1n) is 36.9. The Hall–Kier alpha value is -1.40. The SMILES string of the molecule is CCCCCCCC/C=C\CCCCCCCC(=O)OCCCCCCCCCCCCCCCCCCCCCCCCCCCCCCCC(=O)NC(CO)C(O)CCCCCCCCCCCCCCCCCCCCC. The van der Waals surface area contributed by atoms with Crippen LogP contribution in [0.2, 0.25) is 0 Å². The fourth-order valence-corrected chi connectivity index (χ4v) is 11.9. The molecule has 0 saturated heterocycles. The third kappa shape index (κ3) is 65.7. The van der Waals surface area contributed by atoms with Crippen LogP contribution in [0, 0.1) is 0 Å². The molecule has 0 rings (SSSR count). The lowest BCUT2D eigenvalue weighted by Crippen LogP contribution is -2.45. The van der Waals surface area contributed by atoms with Crippen molar-refractivity contribution in [1.82, 2.24) is 5.32 Å². The van der Waals surface area contributed by atoms with Gasteiger partial charge < -0.3 is 20.3 Å². The van der Waals surface area contributed by atoms with Crippen molar-refractivity contribution in [2.45, 2.75) is 437 Å². The van der Waals surface area contributed by atoms with E-state index in [4.69, 9.17) is 4.74 Å². The minimum Gasteiger partial charge on any atom is -0.466 e. The molecule has 476 valence electrons. The van der Waals surface area contributed by atoms with Gasteiger partial charge >= 0.3 is 5.97 Å². The first-order chi connectivity index (χ1) is 39.5. The van der Waals surface area contributed by atoms with E-state index in [-0.39, 0.29) is 18.5 Å². The van der Waals surface area contributed by atoms with Gasteiger partial charge in [-0.1, -0.05) is 373 Å². The molecule has 3 N–H and O–H groups in total. The molecule has 0 aliphatic heterocycles. The van der Waals surface area contributed by atoms with E-state index in [0.29, 0.717) is 25.9 Å². The van der Waals surface area contributed by atoms with E-state index in [1.807, 2.05) is 0 Å². The lowest BCUT2D eigenvalue weighted by atomic mass is 10.0. The van der Waals surface area contributed by atoms with Crippen molar-refractivity contribution in [3.05, 3.63) is 12.2 Å². The van der Waals surface area contributed by atoms with Crippen molar-refractivity contribution in [2.75, 3.05) is 13.2 Å². The highest BCUT2D eigenvalue weighted by Crippen LogP contribution is 2.20. The van der Waals surface area contributed by atoms with E-state index in [0.717, 1.165) is 44.9 Å². The van der Waals surface area contributed by atoms with Crippen LogP contribution in [-0.2, 0) is 14.3 Å². The smallest absolute Gasteiger partial charge is 0.305 e. The maximum atomic E-state index is 12.5. The predicted molar refractivity (Wildman–Crippen MR) is 352 cm³/mol. The van der Waals surface area contributed by atoms with Crippen LogP contribution in [0.4, 0.5) is 0 Å². The standard InChI is InChI=1S/C74H145NO5/c1-3-5-7-9-11-13-15-17-19-20-32-35-39-42-46-50-54-58-62-66-72(77)71(70-76)75-73(78)67-63-59-55-51-47-43-40-36-33-30-28-26-24-22-21-23-25-27-29-31-34-37-41-45-49-53-57-61-65-69-80-74(79)68-64-60-56-52-48-44-38-18-16-14-12-10-8-6-4-2/h18,38,71-72,76-77H,3-17,19-37,39-70H2,1-2H3,(H,75,78)/b38-18-. The van der Waals surface area contributed by atoms with Crippen LogP contribution in [0.15, 0.2) is 12.2 Å². The largest absolute Gasteiger partial charge is 0.466 e. The number of esters is 1. The number of hydrogen-bond donors (Lipinski definition) is 3. The van der Waals surface area contributed by atoms with Gasteiger partial charge in [0.2, 0.25) is 5.91 Å². The highest BCUT2D eigenvalue weighted by atomic mass is 16.5. The Morgan fingerprint density at radius 3 is 0.887 bits per heavy atom. The Labute approximate surface area is 501 Å². The molecular formula is C74H145NO5. The lowest BCUT2D eigenvalue weighted by Gasteiger charge is -2.22. The number of aliphatic hydroxyl groups excluding tert-OH is 2. The summed E-state index contributed by atoms with van der Waals surface area (Å²) < 4.78 is 5.50. The molecule has 6 heteroatoms. The Kier molecular flexibility index (Phi) is 68.9. The van der Waals surface area contributed by atoms with Gasteiger partial charge in [-0.2, -0.15) is 0 Å². The van der Waals surface area contributed by atoms with Crippen molar-refractivity contribution in [2.24, 2.45) is 0 Å². The third-order valence-corrected chi connectivity index (χ3v) is 17.6. The monoisotopic (exact) mass is 1130 g/mol. The van der Waals surface area contributed by atoms with Crippen LogP contribution >= 0.6 is 0 Å². The number of unbranched alkanes of at least 4 members (excludes halogenated alkanes) is 57. The summed E-state index contributed by atoms with van der Waals surface area (Å²) in [5.41, 5.74) is 0. The Morgan fingerprint density at radius 1 is 0.338 bits per heavy atom. The summed E-state index contributed by atoms with van der Waals surface area (Å²) in [6.07, 6.45) is 87.0. The Balaban J connectivity index is 3.33. The maximum absolute atomic E-state index is 12.5. The molecule has 2 atom stereocenters. The molecule has 0 aromatic heterocycles. The summed E-state index contributed by atoms with van der Waals surface area (Å²) in [5.74, 6) is -0.0140. The molecule has 0 fully saturated rings. The highest BCUT2D eigenvalue weighted by Gasteiger charge is 2.20. The fourth-order valence-electron chi connectivity index (χ4n) is 11.9. The number of aliphatic hydroxyl groups is 2. The molecule has 0 aromatic carbocycles. The molecule has 80 heavy (non-hydrogen) atoms. The molecule has 1 amide bonds. The molecule has 0 heterocycles. The molecule has 0 aromatic rings. The number of allylic oxidation sites excluding steroid dienone is 2. The molecule has 2 unspecified atom stereocenters. The maximum Gasteiger partial charge on any atom is 0.305 e. The Morgan fingerprint density at radius 2 is 0.588 bits per heavy atom. The number of carbonyl (C=O) groups is 2. The molecular weight excluding hydrogens is 983 g/mol. The first-order valence-corrected chi connectivity index (χ1v) is 36.9. The highest BCUT2D eigenvalue weighted by molar-refractivity contribution is 5.76. The zero-order valence-corrected chi connectivity index (χ0v) is 54.6. The normalized spacial score (nSPS) is 12.5. The second-order valence-electron chi connectivity index (χ2n) is 25.6. The van der Waals surface area contributed by atoms with E-state index < -0.39 is 12.1 Å². The van der Waals surface area contributed by atoms with Crippen LogP contribution in [0.5, 0.6) is 0 Å². The second kappa shape index (κ2) is 70.1. The van der Waals surface area contributed by atoms with Crippen molar-refractivity contribution in [3.8, 4) is 0 Å². The van der Waals surface area contributed by atoms with Crippen LogP contribution in [0.25, 0.3) is 0 Å². The molecule has 0 saturated carbocycles. The predicted octanol–water partition coefficient (Wildman–Crippen LogP) is 23.9. The topological polar surface area (TPSA) is 95.9 Å². The zero-order chi connectivity index (χ0) is 57.8. The second-order valence-corrected chi connectivity index (χ2v) is 25.6. The number of carbonyl (C=O) groups excluding carboxylic acids is 2. The van der Waals surface area contributed by atoms with E-state index in [2.05, 4.69) is 31.3 Å². The number of amides is 1. The number of nitrogens with one attached hydrogen (secondary N) is 1. The number of hydrogen-bond acceptors (Lipinski definition) is 5. The van der Waals surface area contributed by atoms with Crippen molar-refractivity contribution in [3.63, 3.8) is 0 Å². The summed E-state index contributed by atoms with van der Waals surface area (Å²) >= 11 is 0. The van der Waals surface area contributed by atoms with Gasteiger partial charge in [-0.25, -0.2) is 0 Å². The Bertz CT molecular complexity index is 1210. The first kappa shape index (κ1) is 78.6. The van der Waals surface area contributed by atoms with Gasteiger partial charge in [0, 0.05) is 12.8 Å². The average Bonchev–Trinajstić information content (AvgIpc) is 3.46. The van der Waals surface area contributed by atoms with Gasteiger partial charge in [-0.15, -0.1) is 0 Å². The van der Waals surface area contributed by atoms with E-state index in [1.165, 1.54) is 347 Å². The van der Waals surface area contributed by atoms with Gasteiger partial charge in [-0.05, 0) is 51.4 Å². The average molecular weight is 1130 g/mol. The van der Waals surface area contributed by atoms with Crippen LogP contribution in [0.3, 0.4) is 0 Å². The minimum atomic E-state index is -0.662. The molecule has 0 spiro atoms. The quantitative estimate of drug-likeness (QED) is 0.0320. The minimum absolute atomic E-state index is 0.0126. The molecule has 6 nitrogen and oxygen atoms in total. The number of ether oxygens (including phenoxy) is 1. The van der Waals surface area contributed by atoms with E-state index in [9.17, 15) is 19.8 Å². The lowest BCUT2D eigenvalue weighted by molar-refractivity contribution is -0.143. The van der Waals surface area contributed by atoms with E-state index >= 15 is 0 Å². The van der Waals surface area contributed by atoms with Gasteiger partial charge in [0.1, 0.15) is 0 Å². The third-order valence-electron chi connectivity index (χ3n) is 17.6. The fraction of sp³-hybridized carbons (Fsp3) is 0.946. The summed E-state index contributed by atoms with van der Waals surface area (Å²) in [5, 5.41) is 23.4. The van der Waals surface area contributed by atoms with Gasteiger partial charge in [0.25, 0.3) is 0 Å². The van der Waals surface area contributed by atoms with Crippen molar-refractivity contribution < 1.29 is 24.5 Å². The molecule has 0 bridgehead atoms. The summed E-state index contributed by atoms with van der Waals surface area (Å²) in [7, 11) is 0. The molecule has 0 radical (unpaired) electrons. The molecule has 0 aliphatic rings. The zero-order valence-electron chi connectivity index (χ0n) is 54.6. The molecule has 0 aliphatic carbocycles. The van der Waals surface area contributed by atoms with Gasteiger partial charge in [0.05, 0.1) is 25.4 Å². The van der Waals surface area contributed by atoms with Gasteiger partial charge in [-0.3, -0.25) is 9.59 Å². The summed E-state index contributed by atoms with van der Waals surface area (Å²) in [4.78, 5) is 24.6. The number of rotatable bonds is 70. The summed E-state index contributed by atoms with van der Waals surface area (Å²) in [6.45, 7) is 4.99. The van der Waals surface area contributed by atoms with Crippen molar-refractivity contribution >= 4 is 11.9 Å². The van der Waals surface area contributed by atoms with Crippen LogP contribution in [0.1, 0.15) is 425 Å². The summed E-state index contributed by atoms with van der Waals surface area (Å²) in [6, 6.07) is -0.539. The van der Waals surface area contributed by atoms with Gasteiger partial charge in [0.15, 0.2) is 0 Å². The van der Waals surface area contributed by atoms with Crippen LogP contribution in [-0.4, -0.2) is 47.4 Å². The van der Waals surface area contributed by atoms with E-state index in [1.54, 1.807) is 0 Å². The van der Waals surface area contributed by atoms with Crippen LogP contribution < -0.4 is 5.32 Å².